The summed E-state index contributed by atoms with van der Waals surface area (Å²) in [5.41, 5.74) is 8.32. The smallest absolute Gasteiger partial charge is 0.162 e. The van der Waals surface area contributed by atoms with Gasteiger partial charge in [-0.3, -0.25) is 0 Å². The van der Waals surface area contributed by atoms with Gasteiger partial charge < -0.3 is 21.1 Å². The van der Waals surface area contributed by atoms with E-state index in [9.17, 15) is 5.11 Å². The number of piperidine rings is 1. The number of aliphatic hydroxyl groups is 1. The van der Waals surface area contributed by atoms with Gasteiger partial charge in [-0.05, 0) is 57.8 Å². The zero-order valence-electron chi connectivity index (χ0n) is 17.0. The van der Waals surface area contributed by atoms with Crippen molar-refractivity contribution in [2.45, 2.75) is 82.8 Å². The highest BCUT2D eigenvalue weighted by atomic mass is 16.3. The summed E-state index contributed by atoms with van der Waals surface area (Å²) >= 11 is 0. The highest BCUT2D eigenvalue weighted by Crippen LogP contribution is 2.30. The third-order valence-corrected chi connectivity index (χ3v) is 6.36. The SMILES string of the molecule is CCc1cnn2c(NC3CCCC(N)C3)cc(N3CCCCC3CCO)nc12. The lowest BCUT2D eigenvalue weighted by Gasteiger charge is -2.37. The topological polar surface area (TPSA) is 91.7 Å². The molecule has 0 amide bonds. The maximum Gasteiger partial charge on any atom is 0.162 e. The second kappa shape index (κ2) is 8.66. The minimum absolute atomic E-state index is 0.224. The van der Waals surface area contributed by atoms with E-state index >= 15 is 0 Å². The Morgan fingerprint density at radius 1 is 1.25 bits per heavy atom. The molecule has 2 fully saturated rings. The van der Waals surface area contributed by atoms with Crippen LogP contribution >= 0.6 is 0 Å². The first-order valence-electron chi connectivity index (χ1n) is 11.0. The van der Waals surface area contributed by atoms with Crippen molar-refractivity contribution < 1.29 is 5.11 Å². The zero-order chi connectivity index (χ0) is 19.5. The molecule has 2 aliphatic rings. The van der Waals surface area contributed by atoms with E-state index in [1.54, 1.807) is 0 Å². The third-order valence-electron chi connectivity index (χ3n) is 6.36. The van der Waals surface area contributed by atoms with Gasteiger partial charge in [0.05, 0.1) is 6.20 Å². The molecule has 2 aromatic heterocycles. The largest absolute Gasteiger partial charge is 0.396 e. The van der Waals surface area contributed by atoms with Crippen LogP contribution in [-0.4, -0.2) is 51.0 Å². The number of nitrogens with zero attached hydrogens (tertiary/aromatic N) is 4. The van der Waals surface area contributed by atoms with E-state index in [0.29, 0.717) is 12.1 Å². The Morgan fingerprint density at radius 2 is 2.14 bits per heavy atom. The highest BCUT2D eigenvalue weighted by molar-refractivity contribution is 5.61. The first kappa shape index (κ1) is 19.5. The van der Waals surface area contributed by atoms with Crippen LogP contribution < -0.4 is 16.0 Å². The number of nitrogens with two attached hydrogens (primary N) is 1. The fourth-order valence-corrected chi connectivity index (χ4v) is 4.81. The lowest BCUT2D eigenvalue weighted by Crippen LogP contribution is -2.41. The van der Waals surface area contributed by atoms with Crippen LogP contribution in [0.15, 0.2) is 12.3 Å². The summed E-state index contributed by atoms with van der Waals surface area (Å²) in [6.07, 6.45) is 11.6. The molecule has 4 rings (SSSR count). The van der Waals surface area contributed by atoms with Gasteiger partial charge in [0, 0.05) is 42.9 Å². The molecule has 28 heavy (non-hydrogen) atoms. The van der Waals surface area contributed by atoms with E-state index in [0.717, 1.165) is 62.4 Å². The molecule has 3 heterocycles. The third kappa shape index (κ3) is 3.96. The summed E-state index contributed by atoms with van der Waals surface area (Å²) in [5, 5.41) is 17.9. The molecule has 0 radical (unpaired) electrons. The van der Waals surface area contributed by atoms with Gasteiger partial charge in [-0.1, -0.05) is 6.92 Å². The Hall–Kier alpha value is -1.86. The van der Waals surface area contributed by atoms with Crippen molar-refractivity contribution in [2.75, 3.05) is 23.4 Å². The summed E-state index contributed by atoms with van der Waals surface area (Å²) in [7, 11) is 0. The summed E-state index contributed by atoms with van der Waals surface area (Å²) in [6, 6.07) is 3.17. The normalized spacial score (nSPS) is 26.0. The lowest BCUT2D eigenvalue weighted by atomic mass is 9.91. The van der Waals surface area contributed by atoms with E-state index in [1.165, 1.54) is 24.8 Å². The van der Waals surface area contributed by atoms with Gasteiger partial charge >= 0.3 is 0 Å². The van der Waals surface area contributed by atoms with Gasteiger partial charge in [0.15, 0.2) is 5.65 Å². The average molecular weight is 387 g/mol. The van der Waals surface area contributed by atoms with E-state index < -0.39 is 0 Å². The van der Waals surface area contributed by atoms with Gasteiger partial charge in [-0.15, -0.1) is 0 Å². The number of anilines is 2. The zero-order valence-corrected chi connectivity index (χ0v) is 17.0. The Kier molecular flexibility index (Phi) is 6.01. The number of aromatic nitrogens is 3. The van der Waals surface area contributed by atoms with Crippen LogP contribution in [0.25, 0.3) is 5.65 Å². The van der Waals surface area contributed by atoms with Crippen molar-refractivity contribution in [1.29, 1.82) is 0 Å². The van der Waals surface area contributed by atoms with E-state index in [1.807, 2.05) is 10.7 Å². The number of aliphatic hydroxyl groups excluding tert-OH is 1. The predicted octanol–water partition coefficient (Wildman–Crippen LogP) is 2.71. The molecule has 1 saturated carbocycles. The van der Waals surface area contributed by atoms with Crippen LogP contribution in [0.3, 0.4) is 0 Å². The minimum atomic E-state index is 0.224. The van der Waals surface area contributed by atoms with Gasteiger partial charge in [0.2, 0.25) is 0 Å². The second-order valence-corrected chi connectivity index (χ2v) is 8.38. The summed E-state index contributed by atoms with van der Waals surface area (Å²) < 4.78 is 1.95. The molecule has 4 N–H and O–H groups in total. The summed E-state index contributed by atoms with van der Waals surface area (Å²) in [6.45, 7) is 3.37. The molecule has 3 atom stereocenters. The van der Waals surface area contributed by atoms with Gasteiger partial charge in [0.1, 0.15) is 11.6 Å². The lowest BCUT2D eigenvalue weighted by molar-refractivity contribution is 0.262. The molecule has 7 heteroatoms. The number of aryl methyl sites for hydroxylation is 1. The number of hydrogen-bond acceptors (Lipinski definition) is 6. The maximum atomic E-state index is 9.51. The van der Waals surface area contributed by atoms with Gasteiger partial charge in [-0.2, -0.15) is 9.61 Å². The predicted molar refractivity (Wildman–Crippen MR) is 113 cm³/mol. The molecule has 2 aromatic rings. The standard InChI is InChI=1S/C21H34N6O/c1-2-15-14-23-27-20(24-17-7-5-6-16(22)12-17)13-19(25-21(15)27)26-10-4-3-8-18(26)9-11-28/h13-14,16-18,24,28H,2-12,22H2,1H3. The monoisotopic (exact) mass is 386 g/mol. The summed E-state index contributed by atoms with van der Waals surface area (Å²) in [5.74, 6) is 2.01. The van der Waals surface area contributed by atoms with Crippen LogP contribution in [0.5, 0.6) is 0 Å². The van der Waals surface area contributed by atoms with Crippen molar-refractivity contribution in [1.82, 2.24) is 14.6 Å². The van der Waals surface area contributed by atoms with Crippen molar-refractivity contribution >= 4 is 17.3 Å². The fraction of sp³-hybridized carbons (Fsp3) is 0.714. The van der Waals surface area contributed by atoms with E-state index in [-0.39, 0.29) is 12.6 Å². The van der Waals surface area contributed by atoms with Gasteiger partial charge in [0.25, 0.3) is 0 Å². The van der Waals surface area contributed by atoms with Crippen LogP contribution in [0, 0.1) is 0 Å². The highest BCUT2D eigenvalue weighted by Gasteiger charge is 2.26. The molecular weight excluding hydrogens is 352 g/mol. The first-order valence-corrected chi connectivity index (χ1v) is 11.0. The number of fused-ring (bicyclic) bond motifs is 1. The van der Waals surface area contributed by atoms with Crippen molar-refractivity contribution in [2.24, 2.45) is 5.73 Å². The molecule has 3 unspecified atom stereocenters. The number of hydrogen-bond donors (Lipinski definition) is 3. The molecular formula is C21H34N6O. The molecule has 0 bridgehead atoms. The number of rotatable bonds is 6. The molecule has 0 aromatic carbocycles. The average Bonchev–Trinajstić information content (AvgIpc) is 3.12. The van der Waals surface area contributed by atoms with Crippen LogP contribution in [0.4, 0.5) is 11.6 Å². The fourth-order valence-electron chi connectivity index (χ4n) is 4.81. The molecule has 7 nitrogen and oxygen atoms in total. The second-order valence-electron chi connectivity index (χ2n) is 8.38. The van der Waals surface area contributed by atoms with E-state index in [4.69, 9.17) is 10.7 Å². The van der Waals surface area contributed by atoms with Crippen molar-refractivity contribution in [3.05, 3.63) is 17.8 Å². The molecule has 154 valence electrons. The Bertz CT molecular complexity index is 789. The Balaban J connectivity index is 1.70. The number of nitrogens with one attached hydrogen (secondary N) is 1. The Labute approximate surface area is 167 Å². The molecule has 1 aliphatic carbocycles. The van der Waals surface area contributed by atoms with Crippen LogP contribution in [0.2, 0.25) is 0 Å². The van der Waals surface area contributed by atoms with Gasteiger partial charge in [-0.25, -0.2) is 4.98 Å². The quantitative estimate of drug-likeness (QED) is 0.707. The van der Waals surface area contributed by atoms with Crippen molar-refractivity contribution in [3.63, 3.8) is 0 Å². The molecule has 0 spiro atoms. The maximum absolute atomic E-state index is 9.51. The summed E-state index contributed by atoms with van der Waals surface area (Å²) in [4.78, 5) is 7.40. The van der Waals surface area contributed by atoms with Crippen molar-refractivity contribution in [3.8, 4) is 0 Å². The first-order chi connectivity index (χ1) is 13.7. The van der Waals surface area contributed by atoms with E-state index in [2.05, 4.69) is 28.3 Å². The molecule has 1 saturated heterocycles. The minimum Gasteiger partial charge on any atom is -0.396 e. The Morgan fingerprint density at radius 3 is 2.93 bits per heavy atom. The molecule has 1 aliphatic heterocycles. The van der Waals surface area contributed by atoms with Crippen LogP contribution in [-0.2, 0) is 6.42 Å². The van der Waals surface area contributed by atoms with Crippen LogP contribution in [0.1, 0.15) is 63.9 Å².